The lowest BCUT2D eigenvalue weighted by atomic mass is 9.89. The first-order chi connectivity index (χ1) is 18.3. The van der Waals surface area contributed by atoms with Crippen LogP contribution in [0.25, 0.3) is 16.6 Å². The van der Waals surface area contributed by atoms with Gasteiger partial charge in [0, 0.05) is 86.3 Å². The number of nitrogens with zero attached hydrogens (tertiary/aromatic N) is 9. The zero-order valence-electron chi connectivity index (χ0n) is 20.8. The number of fused-ring (bicyclic) bond motifs is 1. The summed E-state index contributed by atoms with van der Waals surface area (Å²) in [5.41, 5.74) is 1.50. The summed E-state index contributed by atoms with van der Waals surface area (Å²) < 4.78 is 31.2. The summed E-state index contributed by atoms with van der Waals surface area (Å²) in [6, 6.07) is 5.15. The maximum absolute atomic E-state index is 14.3. The van der Waals surface area contributed by atoms with Gasteiger partial charge in [0.05, 0.1) is 6.20 Å². The number of benzene rings is 1. The molecular formula is C26H25F2N9O. The molecule has 0 saturated carbocycles. The van der Waals surface area contributed by atoms with Gasteiger partial charge in [0.15, 0.2) is 5.82 Å². The average molecular weight is 518 g/mol. The fourth-order valence-corrected chi connectivity index (χ4v) is 4.78. The van der Waals surface area contributed by atoms with Crippen molar-refractivity contribution in [3.05, 3.63) is 84.3 Å². The lowest BCUT2D eigenvalue weighted by Crippen LogP contribution is -2.47. The van der Waals surface area contributed by atoms with E-state index in [1.54, 1.807) is 11.0 Å². The van der Waals surface area contributed by atoms with Gasteiger partial charge in [-0.3, -0.25) is 4.68 Å². The van der Waals surface area contributed by atoms with Gasteiger partial charge in [-0.1, -0.05) is 0 Å². The number of piperazine rings is 1. The Bertz CT molecular complexity index is 1610. The minimum absolute atomic E-state index is 0.0444. The standard InChI is InChI=1S/C26H25F2N9O/c1-26(38,21-4-3-20(27)10-22(21)28)19-12-29-25(30-13-19)36-7-5-35(6-8-36)24-23-9-17(15-37(23)33-16-31-24)18-11-32-34(2)14-18/h3-4,9-16,38H,5-8H2,1-2H3. The van der Waals surface area contributed by atoms with Crippen molar-refractivity contribution in [2.45, 2.75) is 12.5 Å². The molecule has 1 N–H and O–H groups in total. The maximum atomic E-state index is 14.3. The van der Waals surface area contributed by atoms with Crippen molar-refractivity contribution in [3.63, 3.8) is 0 Å². The van der Waals surface area contributed by atoms with Gasteiger partial charge in [0.1, 0.15) is 29.1 Å². The molecule has 6 rings (SSSR count). The molecule has 12 heteroatoms. The minimum atomic E-state index is -1.71. The Morgan fingerprint density at radius 1 is 0.868 bits per heavy atom. The van der Waals surface area contributed by atoms with E-state index in [1.807, 2.05) is 35.1 Å². The topological polar surface area (TPSA) is 100 Å². The molecule has 0 aliphatic carbocycles. The molecular weight excluding hydrogens is 492 g/mol. The Morgan fingerprint density at radius 3 is 2.29 bits per heavy atom. The summed E-state index contributed by atoms with van der Waals surface area (Å²) in [6.45, 7) is 4.15. The van der Waals surface area contributed by atoms with E-state index in [9.17, 15) is 13.9 Å². The molecule has 1 aliphatic heterocycles. The second-order valence-electron chi connectivity index (χ2n) is 9.49. The number of aryl methyl sites for hydroxylation is 1. The molecule has 0 radical (unpaired) electrons. The quantitative estimate of drug-likeness (QED) is 0.380. The molecule has 5 heterocycles. The highest BCUT2D eigenvalue weighted by Gasteiger charge is 2.30. The van der Waals surface area contributed by atoms with E-state index in [0.717, 1.165) is 34.6 Å². The highest BCUT2D eigenvalue weighted by Crippen LogP contribution is 2.31. The maximum Gasteiger partial charge on any atom is 0.225 e. The van der Waals surface area contributed by atoms with Crippen molar-refractivity contribution in [2.75, 3.05) is 36.0 Å². The summed E-state index contributed by atoms with van der Waals surface area (Å²) in [5.74, 6) is -0.174. The average Bonchev–Trinajstić information content (AvgIpc) is 3.55. The smallest absolute Gasteiger partial charge is 0.225 e. The second kappa shape index (κ2) is 9.14. The summed E-state index contributed by atoms with van der Waals surface area (Å²) in [6.07, 6.45) is 10.3. The molecule has 4 aromatic heterocycles. The summed E-state index contributed by atoms with van der Waals surface area (Å²) >= 11 is 0. The van der Waals surface area contributed by atoms with Crippen LogP contribution in [0.15, 0.2) is 61.6 Å². The van der Waals surface area contributed by atoms with E-state index in [-0.39, 0.29) is 5.56 Å². The third kappa shape index (κ3) is 4.22. The molecule has 38 heavy (non-hydrogen) atoms. The highest BCUT2D eigenvalue weighted by atomic mass is 19.1. The summed E-state index contributed by atoms with van der Waals surface area (Å²) in [5, 5.41) is 19.6. The van der Waals surface area contributed by atoms with Crippen LogP contribution in [0.1, 0.15) is 18.1 Å². The number of aliphatic hydroxyl groups is 1. The van der Waals surface area contributed by atoms with Crippen LogP contribution in [-0.2, 0) is 12.6 Å². The number of rotatable bonds is 5. The van der Waals surface area contributed by atoms with Crippen LogP contribution in [0.4, 0.5) is 20.5 Å². The van der Waals surface area contributed by atoms with E-state index in [0.29, 0.717) is 37.7 Å². The van der Waals surface area contributed by atoms with E-state index < -0.39 is 17.2 Å². The molecule has 0 amide bonds. The minimum Gasteiger partial charge on any atom is -0.380 e. The molecule has 10 nitrogen and oxygen atoms in total. The first-order valence-electron chi connectivity index (χ1n) is 12.1. The van der Waals surface area contributed by atoms with Crippen LogP contribution in [0, 0.1) is 11.6 Å². The molecule has 1 aliphatic rings. The fourth-order valence-electron chi connectivity index (χ4n) is 4.78. The van der Waals surface area contributed by atoms with Crippen LogP contribution in [0.5, 0.6) is 0 Å². The Hall–Kier alpha value is -4.45. The molecule has 1 fully saturated rings. The van der Waals surface area contributed by atoms with Gasteiger partial charge in [-0.05, 0) is 25.1 Å². The highest BCUT2D eigenvalue weighted by molar-refractivity contribution is 5.77. The largest absolute Gasteiger partial charge is 0.380 e. The van der Waals surface area contributed by atoms with Gasteiger partial charge >= 0.3 is 0 Å². The van der Waals surface area contributed by atoms with Crippen molar-refractivity contribution < 1.29 is 13.9 Å². The number of anilines is 2. The zero-order valence-corrected chi connectivity index (χ0v) is 20.8. The number of aromatic nitrogens is 7. The van der Waals surface area contributed by atoms with Crippen LogP contribution in [0.2, 0.25) is 0 Å². The predicted octanol–water partition coefficient (Wildman–Crippen LogP) is 2.78. The van der Waals surface area contributed by atoms with Crippen molar-refractivity contribution in [3.8, 4) is 11.1 Å². The van der Waals surface area contributed by atoms with Gasteiger partial charge in [-0.25, -0.2) is 28.2 Å². The van der Waals surface area contributed by atoms with Crippen molar-refractivity contribution in [2.24, 2.45) is 7.05 Å². The van der Waals surface area contributed by atoms with Crippen molar-refractivity contribution >= 4 is 17.3 Å². The lowest BCUT2D eigenvalue weighted by molar-refractivity contribution is 0.0970. The van der Waals surface area contributed by atoms with E-state index in [2.05, 4.69) is 36.1 Å². The van der Waals surface area contributed by atoms with Gasteiger partial charge in [0.25, 0.3) is 0 Å². The Kier molecular flexibility index (Phi) is 5.75. The normalized spacial score (nSPS) is 15.7. The van der Waals surface area contributed by atoms with E-state index >= 15 is 0 Å². The second-order valence-corrected chi connectivity index (χ2v) is 9.49. The molecule has 5 aromatic rings. The van der Waals surface area contributed by atoms with E-state index in [1.165, 1.54) is 25.4 Å². The lowest BCUT2D eigenvalue weighted by Gasteiger charge is -2.35. The van der Waals surface area contributed by atoms with Crippen molar-refractivity contribution in [1.82, 2.24) is 34.3 Å². The summed E-state index contributed by atoms with van der Waals surface area (Å²) in [4.78, 5) is 17.7. The third-order valence-electron chi connectivity index (χ3n) is 6.94. The van der Waals surface area contributed by atoms with Gasteiger partial charge in [-0.15, -0.1) is 0 Å². The summed E-state index contributed by atoms with van der Waals surface area (Å²) in [7, 11) is 1.88. The van der Waals surface area contributed by atoms with Crippen LogP contribution < -0.4 is 9.80 Å². The first kappa shape index (κ1) is 23.9. The molecule has 1 atom stereocenters. The Balaban J connectivity index is 1.17. The van der Waals surface area contributed by atoms with Gasteiger partial charge in [0.2, 0.25) is 5.95 Å². The monoisotopic (exact) mass is 517 g/mol. The molecule has 0 spiro atoms. The predicted molar refractivity (Wildman–Crippen MR) is 137 cm³/mol. The SMILES string of the molecule is Cn1cc(-c2cc3c(N4CCN(c5ncc(C(C)(O)c6ccc(F)cc6F)cn5)CC4)ncnn3c2)cn1. The molecule has 1 saturated heterocycles. The fraction of sp³-hybridized carbons (Fsp3) is 0.269. The zero-order chi connectivity index (χ0) is 26.4. The van der Waals surface area contributed by atoms with Crippen LogP contribution in [-0.4, -0.2) is 65.6 Å². The van der Waals surface area contributed by atoms with Gasteiger partial charge in [-0.2, -0.15) is 10.2 Å². The number of halogens is 2. The number of hydrogen-bond acceptors (Lipinski definition) is 8. The van der Waals surface area contributed by atoms with Crippen LogP contribution in [0.3, 0.4) is 0 Å². The first-order valence-corrected chi connectivity index (χ1v) is 12.1. The van der Waals surface area contributed by atoms with E-state index in [4.69, 9.17) is 0 Å². The van der Waals surface area contributed by atoms with Gasteiger partial charge < -0.3 is 14.9 Å². The van der Waals surface area contributed by atoms with Crippen LogP contribution >= 0.6 is 0 Å². The molecule has 1 unspecified atom stereocenters. The Morgan fingerprint density at radius 2 is 1.61 bits per heavy atom. The third-order valence-corrected chi connectivity index (χ3v) is 6.94. The number of hydrogen-bond donors (Lipinski definition) is 1. The Labute approximate surface area is 216 Å². The molecule has 194 valence electrons. The molecule has 0 bridgehead atoms. The molecule has 1 aromatic carbocycles. The van der Waals surface area contributed by atoms with Crippen molar-refractivity contribution in [1.29, 1.82) is 0 Å².